The van der Waals surface area contributed by atoms with E-state index in [1.807, 2.05) is 19.9 Å². The summed E-state index contributed by atoms with van der Waals surface area (Å²) in [6.07, 6.45) is -0.154. The standard InChI is InChI=1S/C25H24ClFN8O2/c1-13(2)29-25(36)37-20-7-6-16(23(20)27)17-9-22(33-32-17)31-24-19-10-21(26)34-35(19)12-18(30-24)15-5-3-4-14(8-15)11-28/h3-5,8-10,12-13,16,20,23H,6-7H2,1-2H3,(H,29,36)(H2,30,31,32,33)/t16-,20-,23+/m0/s1. The highest BCUT2D eigenvalue weighted by Crippen LogP contribution is 2.39. The van der Waals surface area contributed by atoms with E-state index in [4.69, 9.17) is 21.3 Å². The van der Waals surface area contributed by atoms with Gasteiger partial charge in [0.25, 0.3) is 0 Å². The fourth-order valence-corrected chi connectivity index (χ4v) is 4.62. The molecule has 3 atom stereocenters. The van der Waals surface area contributed by atoms with Crippen LogP contribution in [-0.4, -0.2) is 49.2 Å². The number of ether oxygens (including phenoxy) is 1. The summed E-state index contributed by atoms with van der Waals surface area (Å²) in [6.45, 7) is 3.62. The Morgan fingerprint density at radius 3 is 2.95 bits per heavy atom. The van der Waals surface area contributed by atoms with Crippen LogP contribution in [0.4, 0.5) is 20.8 Å². The fourth-order valence-electron chi connectivity index (χ4n) is 4.43. The molecular formula is C25H24ClFN8O2. The van der Waals surface area contributed by atoms with E-state index in [1.54, 1.807) is 41.0 Å². The highest BCUT2D eigenvalue weighted by atomic mass is 35.5. The molecule has 0 aliphatic heterocycles. The Morgan fingerprint density at radius 1 is 1.32 bits per heavy atom. The van der Waals surface area contributed by atoms with Crippen molar-refractivity contribution in [3.05, 3.63) is 59.0 Å². The molecule has 1 saturated carbocycles. The number of rotatable bonds is 6. The van der Waals surface area contributed by atoms with Crippen molar-refractivity contribution in [1.82, 2.24) is 30.1 Å². The van der Waals surface area contributed by atoms with Crippen LogP contribution in [0.2, 0.25) is 5.15 Å². The number of aromatic nitrogens is 5. The van der Waals surface area contributed by atoms with E-state index >= 15 is 4.39 Å². The number of hydrogen-bond donors (Lipinski definition) is 3. The number of hydrogen-bond acceptors (Lipinski definition) is 7. The number of nitrogens with one attached hydrogen (secondary N) is 3. The van der Waals surface area contributed by atoms with E-state index in [0.29, 0.717) is 46.9 Å². The molecule has 4 aromatic rings. The minimum atomic E-state index is -1.36. The third-order valence-electron chi connectivity index (χ3n) is 6.12. The number of nitrogens with zero attached hydrogens (tertiary/aromatic N) is 5. The molecule has 0 spiro atoms. The third-order valence-corrected chi connectivity index (χ3v) is 6.31. The molecule has 3 heterocycles. The van der Waals surface area contributed by atoms with Crippen LogP contribution in [0.1, 0.15) is 43.9 Å². The van der Waals surface area contributed by atoms with Crippen molar-refractivity contribution < 1.29 is 13.9 Å². The van der Waals surface area contributed by atoms with Gasteiger partial charge in [-0.15, -0.1) is 0 Å². The zero-order valence-electron chi connectivity index (χ0n) is 20.1. The number of H-pyrrole nitrogens is 1. The summed E-state index contributed by atoms with van der Waals surface area (Å²) in [5.41, 5.74) is 3.01. The number of halogens is 2. The Hall–Kier alpha value is -4.17. The first kappa shape index (κ1) is 24.5. The Morgan fingerprint density at radius 2 is 2.16 bits per heavy atom. The van der Waals surface area contributed by atoms with E-state index in [1.165, 1.54) is 0 Å². The van der Waals surface area contributed by atoms with Gasteiger partial charge in [-0.1, -0.05) is 23.7 Å². The van der Waals surface area contributed by atoms with E-state index in [-0.39, 0.29) is 11.2 Å². The van der Waals surface area contributed by atoms with E-state index in [0.717, 1.165) is 5.56 Å². The molecule has 0 saturated heterocycles. The highest BCUT2D eigenvalue weighted by Gasteiger charge is 2.41. The maximum atomic E-state index is 15.2. The van der Waals surface area contributed by atoms with Gasteiger partial charge in [0.05, 0.1) is 23.5 Å². The second kappa shape index (κ2) is 10.1. The number of carbonyl (C=O) groups is 1. The zero-order chi connectivity index (χ0) is 26.1. The van der Waals surface area contributed by atoms with Crippen LogP contribution in [-0.2, 0) is 4.74 Å². The summed E-state index contributed by atoms with van der Waals surface area (Å²) in [4.78, 5) is 16.6. The van der Waals surface area contributed by atoms with Crippen LogP contribution in [0, 0.1) is 11.3 Å². The Kier molecular flexibility index (Phi) is 6.67. The van der Waals surface area contributed by atoms with Crippen LogP contribution in [0.3, 0.4) is 0 Å². The lowest BCUT2D eigenvalue weighted by Crippen LogP contribution is -2.36. The number of carbonyl (C=O) groups excluding carboxylic acids is 1. The number of alkyl halides is 1. The van der Waals surface area contributed by atoms with Gasteiger partial charge in [0.1, 0.15) is 17.8 Å². The molecule has 37 heavy (non-hydrogen) atoms. The average molecular weight is 523 g/mol. The lowest BCUT2D eigenvalue weighted by molar-refractivity contribution is 0.0555. The lowest BCUT2D eigenvalue weighted by atomic mass is 10.0. The average Bonchev–Trinajstić information content (AvgIpc) is 3.57. The molecule has 1 fully saturated rings. The molecule has 10 nitrogen and oxygen atoms in total. The van der Waals surface area contributed by atoms with Gasteiger partial charge in [0.2, 0.25) is 0 Å². The molecule has 1 amide bonds. The molecular weight excluding hydrogens is 499 g/mol. The Balaban J connectivity index is 1.38. The summed E-state index contributed by atoms with van der Waals surface area (Å²) in [6, 6.07) is 12.5. The van der Waals surface area contributed by atoms with Crippen LogP contribution in [0.5, 0.6) is 0 Å². The minimum Gasteiger partial charge on any atom is -0.443 e. The molecule has 12 heteroatoms. The number of alkyl carbamates (subject to hydrolysis) is 1. The molecule has 190 valence electrons. The molecule has 3 aromatic heterocycles. The van der Waals surface area contributed by atoms with Crippen molar-refractivity contribution in [2.24, 2.45) is 0 Å². The summed E-state index contributed by atoms with van der Waals surface area (Å²) in [5.74, 6) is 0.378. The van der Waals surface area contributed by atoms with E-state index in [9.17, 15) is 10.1 Å². The zero-order valence-corrected chi connectivity index (χ0v) is 20.8. The number of aromatic amines is 1. The summed E-state index contributed by atoms with van der Waals surface area (Å²) in [7, 11) is 0. The van der Waals surface area contributed by atoms with Crippen molar-refractivity contribution in [2.45, 2.75) is 50.9 Å². The first-order valence-corrected chi connectivity index (χ1v) is 12.2. The van der Waals surface area contributed by atoms with Gasteiger partial charge in [-0.2, -0.15) is 15.5 Å². The summed E-state index contributed by atoms with van der Waals surface area (Å²) < 4.78 is 22.0. The monoisotopic (exact) mass is 522 g/mol. The van der Waals surface area contributed by atoms with Crippen LogP contribution in [0.25, 0.3) is 16.8 Å². The number of anilines is 2. The molecule has 0 radical (unpaired) electrons. The van der Waals surface area contributed by atoms with Gasteiger partial charge < -0.3 is 15.4 Å². The molecule has 0 unspecified atom stereocenters. The molecule has 1 aromatic carbocycles. The predicted octanol–water partition coefficient (Wildman–Crippen LogP) is 5.11. The first-order chi connectivity index (χ1) is 17.8. The topological polar surface area (TPSA) is 133 Å². The predicted molar refractivity (Wildman–Crippen MR) is 135 cm³/mol. The van der Waals surface area contributed by atoms with Crippen molar-refractivity contribution in [3.63, 3.8) is 0 Å². The van der Waals surface area contributed by atoms with Crippen molar-refractivity contribution in [3.8, 4) is 17.3 Å². The van der Waals surface area contributed by atoms with Crippen molar-refractivity contribution >= 4 is 34.8 Å². The summed E-state index contributed by atoms with van der Waals surface area (Å²) in [5, 5.41) is 26.8. The second-order valence-corrected chi connectivity index (χ2v) is 9.56. The number of fused-ring (bicyclic) bond motifs is 1. The third kappa shape index (κ3) is 5.20. The molecule has 3 N–H and O–H groups in total. The number of amides is 1. The van der Waals surface area contributed by atoms with Gasteiger partial charge >= 0.3 is 6.09 Å². The van der Waals surface area contributed by atoms with Crippen molar-refractivity contribution in [1.29, 1.82) is 5.26 Å². The number of nitriles is 1. The maximum absolute atomic E-state index is 15.2. The van der Waals surface area contributed by atoms with E-state index in [2.05, 4.69) is 32.0 Å². The molecule has 1 aliphatic carbocycles. The van der Waals surface area contributed by atoms with Gasteiger partial charge in [-0.3, -0.25) is 5.10 Å². The van der Waals surface area contributed by atoms with Gasteiger partial charge in [-0.25, -0.2) is 18.7 Å². The molecule has 1 aliphatic rings. The van der Waals surface area contributed by atoms with Gasteiger partial charge in [0, 0.05) is 35.3 Å². The number of benzene rings is 1. The van der Waals surface area contributed by atoms with Gasteiger partial charge in [-0.05, 0) is 38.8 Å². The maximum Gasteiger partial charge on any atom is 0.407 e. The van der Waals surface area contributed by atoms with Crippen LogP contribution < -0.4 is 10.6 Å². The Labute approximate surface area is 216 Å². The Bertz CT molecular complexity index is 1490. The largest absolute Gasteiger partial charge is 0.443 e. The van der Waals surface area contributed by atoms with Crippen molar-refractivity contribution in [2.75, 3.05) is 5.32 Å². The highest BCUT2D eigenvalue weighted by molar-refractivity contribution is 6.29. The quantitative estimate of drug-likeness (QED) is 0.320. The van der Waals surface area contributed by atoms with Crippen LogP contribution >= 0.6 is 11.6 Å². The van der Waals surface area contributed by atoms with Crippen LogP contribution in [0.15, 0.2) is 42.6 Å². The van der Waals surface area contributed by atoms with E-state index < -0.39 is 24.3 Å². The fraction of sp³-hybridized carbons (Fsp3) is 0.320. The second-order valence-electron chi connectivity index (χ2n) is 9.17. The van der Waals surface area contributed by atoms with Gasteiger partial charge in [0.15, 0.2) is 16.8 Å². The molecule has 5 rings (SSSR count). The molecule has 0 bridgehead atoms. The summed E-state index contributed by atoms with van der Waals surface area (Å²) >= 11 is 6.15. The lowest BCUT2D eigenvalue weighted by Gasteiger charge is -2.18. The first-order valence-electron chi connectivity index (χ1n) is 11.8. The minimum absolute atomic E-state index is 0.0939. The smallest absolute Gasteiger partial charge is 0.407 e. The normalized spacial score (nSPS) is 19.2. The SMILES string of the molecule is CC(C)NC(=O)O[C@H]1CC[C@@H](c2cc(Nc3nc(-c4cccc(C#N)c4)cn4nc(Cl)cc34)n[nH]2)[C@H]1F.